The molecule has 0 aromatic heterocycles. The second-order valence-electron chi connectivity index (χ2n) is 6.08. The molecule has 0 aliphatic carbocycles. The van der Waals surface area contributed by atoms with Crippen molar-refractivity contribution < 1.29 is 9.53 Å². The second kappa shape index (κ2) is 7.39. The van der Waals surface area contributed by atoms with Crippen molar-refractivity contribution in [2.75, 3.05) is 29.9 Å². The SMILES string of the molecule is CCOc1ccc(C(=O)Nc2ccccc2N2CCCC2)cc1C. The monoisotopic (exact) mass is 324 g/mol. The molecule has 0 atom stereocenters. The summed E-state index contributed by atoms with van der Waals surface area (Å²) in [5.74, 6) is 0.735. The molecule has 0 bridgehead atoms. The number of nitrogens with zero attached hydrogens (tertiary/aromatic N) is 1. The van der Waals surface area contributed by atoms with Crippen molar-refractivity contribution >= 4 is 17.3 Å². The number of benzene rings is 2. The highest BCUT2D eigenvalue weighted by Crippen LogP contribution is 2.29. The predicted octanol–water partition coefficient (Wildman–Crippen LogP) is 4.25. The molecule has 4 nitrogen and oxygen atoms in total. The molecule has 1 amide bonds. The van der Waals surface area contributed by atoms with E-state index in [2.05, 4.69) is 16.3 Å². The zero-order chi connectivity index (χ0) is 16.9. The fourth-order valence-corrected chi connectivity index (χ4v) is 3.12. The fourth-order valence-electron chi connectivity index (χ4n) is 3.12. The maximum absolute atomic E-state index is 12.6. The number of aryl methyl sites for hydroxylation is 1. The third-order valence-corrected chi connectivity index (χ3v) is 4.34. The number of hydrogen-bond acceptors (Lipinski definition) is 3. The molecule has 1 N–H and O–H groups in total. The molecule has 0 spiro atoms. The summed E-state index contributed by atoms with van der Waals surface area (Å²) in [6.07, 6.45) is 2.42. The Morgan fingerprint density at radius 2 is 1.92 bits per heavy atom. The minimum atomic E-state index is -0.0900. The van der Waals surface area contributed by atoms with Gasteiger partial charge < -0.3 is 15.0 Å². The van der Waals surface area contributed by atoms with Crippen molar-refractivity contribution in [1.82, 2.24) is 0 Å². The molecule has 3 rings (SSSR count). The Hall–Kier alpha value is -2.49. The minimum absolute atomic E-state index is 0.0900. The van der Waals surface area contributed by atoms with Gasteiger partial charge in [0.2, 0.25) is 0 Å². The van der Waals surface area contributed by atoms with Crippen LogP contribution in [0.4, 0.5) is 11.4 Å². The quantitative estimate of drug-likeness (QED) is 0.894. The van der Waals surface area contributed by atoms with Crippen LogP contribution in [0.3, 0.4) is 0 Å². The van der Waals surface area contributed by atoms with E-state index in [0.717, 1.165) is 35.8 Å². The van der Waals surface area contributed by atoms with Gasteiger partial charge >= 0.3 is 0 Å². The first-order valence-electron chi connectivity index (χ1n) is 8.58. The van der Waals surface area contributed by atoms with Crippen LogP contribution >= 0.6 is 0 Å². The summed E-state index contributed by atoms with van der Waals surface area (Å²) in [6.45, 7) is 6.63. The van der Waals surface area contributed by atoms with Crippen LogP contribution in [0, 0.1) is 6.92 Å². The molecule has 24 heavy (non-hydrogen) atoms. The van der Waals surface area contributed by atoms with E-state index in [0.29, 0.717) is 12.2 Å². The largest absolute Gasteiger partial charge is 0.494 e. The average molecular weight is 324 g/mol. The molecule has 0 unspecified atom stereocenters. The van der Waals surface area contributed by atoms with Crippen LogP contribution in [0.25, 0.3) is 0 Å². The third-order valence-electron chi connectivity index (χ3n) is 4.34. The zero-order valence-electron chi connectivity index (χ0n) is 14.3. The molecule has 1 aliphatic heterocycles. The van der Waals surface area contributed by atoms with E-state index in [1.807, 2.05) is 50.2 Å². The van der Waals surface area contributed by atoms with Gasteiger partial charge in [0, 0.05) is 18.7 Å². The van der Waals surface area contributed by atoms with Crippen molar-refractivity contribution in [3.8, 4) is 5.75 Å². The molecular formula is C20H24N2O2. The minimum Gasteiger partial charge on any atom is -0.494 e. The van der Waals surface area contributed by atoms with Gasteiger partial charge in [-0.2, -0.15) is 0 Å². The van der Waals surface area contributed by atoms with Crippen LogP contribution in [-0.4, -0.2) is 25.6 Å². The number of anilines is 2. The molecule has 2 aromatic rings. The van der Waals surface area contributed by atoms with Crippen LogP contribution in [-0.2, 0) is 0 Å². The van der Waals surface area contributed by atoms with Crippen LogP contribution < -0.4 is 15.0 Å². The van der Waals surface area contributed by atoms with Crippen LogP contribution in [0.15, 0.2) is 42.5 Å². The molecule has 0 radical (unpaired) electrons. The lowest BCUT2D eigenvalue weighted by Crippen LogP contribution is -2.21. The lowest BCUT2D eigenvalue weighted by atomic mass is 10.1. The number of carbonyl (C=O) groups is 1. The van der Waals surface area contributed by atoms with E-state index in [-0.39, 0.29) is 5.91 Å². The van der Waals surface area contributed by atoms with Gasteiger partial charge in [0.1, 0.15) is 5.75 Å². The van der Waals surface area contributed by atoms with Crippen LogP contribution in [0.2, 0.25) is 0 Å². The Kier molecular flexibility index (Phi) is 5.04. The summed E-state index contributed by atoms with van der Waals surface area (Å²) < 4.78 is 5.54. The Morgan fingerprint density at radius 3 is 2.62 bits per heavy atom. The molecule has 1 saturated heterocycles. The predicted molar refractivity (Wildman–Crippen MR) is 98.2 cm³/mol. The van der Waals surface area contributed by atoms with Crippen molar-refractivity contribution in [3.05, 3.63) is 53.6 Å². The van der Waals surface area contributed by atoms with Crippen molar-refractivity contribution in [1.29, 1.82) is 0 Å². The highest BCUT2D eigenvalue weighted by molar-refractivity contribution is 6.06. The van der Waals surface area contributed by atoms with Gasteiger partial charge in [0.05, 0.1) is 18.0 Å². The van der Waals surface area contributed by atoms with Gasteiger partial charge in [-0.15, -0.1) is 0 Å². The Labute approximate surface area is 143 Å². The molecule has 4 heteroatoms. The summed E-state index contributed by atoms with van der Waals surface area (Å²) in [4.78, 5) is 15.0. The number of nitrogens with one attached hydrogen (secondary N) is 1. The Morgan fingerprint density at radius 1 is 1.17 bits per heavy atom. The summed E-state index contributed by atoms with van der Waals surface area (Å²) in [7, 11) is 0. The summed E-state index contributed by atoms with van der Waals surface area (Å²) in [6, 6.07) is 13.6. The maximum atomic E-state index is 12.6. The lowest BCUT2D eigenvalue weighted by Gasteiger charge is -2.21. The molecular weight excluding hydrogens is 300 g/mol. The molecule has 1 aliphatic rings. The molecule has 126 valence electrons. The first kappa shape index (κ1) is 16.4. The summed E-state index contributed by atoms with van der Waals surface area (Å²) >= 11 is 0. The van der Waals surface area contributed by atoms with Crippen molar-refractivity contribution in [3.63, 3.8) is 0 Å². The normalized spacial score (nSPS) is 13.8. The first-order valence-corrected chi connectivity index (χ1v) is 8.58. The number of carbonyl (C=O) groups excluding carboxylic acids is 1. The van der Waals surface area contributed by atoms with Gasteiger partial charge in [-0.1, -0.05) is 12.1 Å². The summed E-state index contributed by atoms with van der Waals surface area (Å²) in [5, 5.41) is 3.06. The van der Waals surface area contributed by atoms with E-state index in [1.165, 1.54) is 12.8 Å². The number of amides is 1. The second-order valence-corrected chi connectivity index (χ2v) is 6.08. The standard InChI is InChI=1S/C20H24N2O2/c1-3-24-19-11-10-16(14-15(19)2)20(23)21-17-8-4-5-9-18(17)22-12-6-7-13-22/h4-5,8-11,14H,3,6-7,12-13H2,1-2H3,(H,21,23). The Bertz CT molecular complexity index is 721. The molecule has 0 saturated carbocycles. The van der Waals surface area contributed by atoms with Gasteiger partial charge in [-0.3, -0.25) is 4.79 Å². The number of rotatable bonds is 5. The number of hydrogen-bond donors (Lipinski definition) is 1. The number of para-hydroxylation sites is 2. The zero-order valence-corrected chi connectivity index (χ0v) is 14.3. The molecule has 2 aromatic carbocycles. The summed E-state index contributed by atoms with van der Waals surface area (Å²) in [5.41, 5.74) is 3.59. The van der Waals surface area contributed by atoms with Gasteiger partial charge in [0.25, 0.3) is 5.91 Å². The topological polar surface area (TPSA) is 41.6 Å². The van der Waals surface area contributed by atoms with Crippen LogP contribution in [0.1, 0.15) is 35.7 Å². The lowest BCUT2D eigenvalue weighted by molar-refractivity contribution is 0.102. The van der Waals surface area contributed by atoms with E-state index in [9.17, 15) is 4.79 Å². The highest BCUT2D eigenvalue weighted by Gasteiger charge is 2.17. The first-order chi connectivity index (χ1) is 11.7. The van der Waals surface area contributed by atoms with E-state index in [1.54, 1.807) is 0 Å². The van der Waals surface area contributed by atoms with E-state index >= 15 is 0 Å². The van der Waals surface area contributed by atoms with Crippen LogP contribution in [0.5, 0.6) is 5.75 Å². The van der Waals surface area contributed by atoms with Crippen molar-refractivity contribution in [2.24, 2.45) is 0 Å². The number of ether oxygens (including phenoxy) is 1. The maximum Gasteiger partial charge on any atom is 0.255 e. The van der Waals surface area contributed by atoms with Crippen molar-refractivity contribution in [2.45, 2.75) is 26.7 Å². The van der Waals surface area contributed by atoms with Gasteiger partial charge in [-0.25, -0.2) is 0 Å². The fraction of sp³-hybridized carbons (Fsp3) is 0.350. The highest BCUT2D eigenvalue weighted by atomic mass is 16.5. The third kappa shape index (κ3) is 3.53. The van der Waals surface area contributed by atoms with E-state index < -0.39 is 0 Å². The smallest absolute Gasteiger partial charge is 0.255 e. The molecule has 1 fully saturated rings. The van der Waals surface area contributed by atoms with E-state index in [4.69, 9.17) is 4.74 Å². The van der Waals surface area contributed by atoms with Gasteiger partial charge in [-0.05, 0) is 62.6 Å². The Balaban J connectivity index is 1.79. The molecule has 1 heterocycles. The van der Waals surface area contributed by atoms with Gasteiger partial charge in [0.15, 0.2) is 0 Å². The average Bonchev–Trinajstić information content (AvgIpc) is 3.11.